The normalized spacial score (nSPS) is 10.9. The Kier molecular flexibility index (Phi) is 2.60. The monoisotopic (exact) mass is 260 g/mol. The number of nitrogen functional groups attached to an aromatic ring is 1. The van der Waals surface area contributed by atoms with Crippen LogP contribution in [0.2, 0.25) is 0 Å². The maximum Gasteiger partial charge on any atom is 0.223 e. The third kappa shape index (κ3) is 2.00. The van der Waals surface area contributed by atoms with Crippen LogP contribution >= 0.6 is 11.3 Å². The number of hydrogen-bond acceptors (Lipinski definition) is 6. The van der Waals surface area contributed by atoms with Crippen molar-refractivity contribution in [3.63, 3.8) is 0 Å². The average molecular weight is 260 g/mol. The number of hydrogen-bond donors (Lipinski definition) is 2. The molecule has 3 N–H and O–H groups in total. The first-order valence-electron chi connectivity index (χ1n) is 5.45. The molecule has 0 aliphatic heterocycles. The zero-order valence-electron chi connectivity index (χ0n) is 9.79. The van der Waals surface area contributed by atoms with Gasteiger partial charge in [-0.25, -0.2) is 4.98 Å². The number of nitrogens with zero attached hydrogens (tertiary/aromatic N) is 4. The van der Waals surface area contributed by atoms with Crippen molar-refractivity contribution in [3.05, 3.63) is 29.4 Å². The van der Waals surface area contributed by atoms with Crippen molar-refractivity contribution >= 4 is 33.3 Å². The van der Waals surface area contributed by atoms with Gasteiger partial charge in [0.25, 0.3) is 0 Å². The van der Waals surface area contributed by atoms with E-state index in [0.29, 0.717) is 6.54 Å². The second-order valence-corrected chi connectivity index (χ2v) is 4.80. The summed E-state index contributed by atoms with van der Waals surface area (Å²) in [6, 6.07) is 3.95. The number of thiophene rings is 1. The Balaban J connectivity index is 1.87. The average Bonchev–Trinajstić information content (AvgIpc) is 2.94. The van der Waals surface area contributed by atoms with E-state index in [2.05, 4.69) is 20.4 Å². The van der Waals surface area contributed by atoms with Gasteiger partial charge in [0.2, 0.25) is 5.95 Å². The predicted molar refractivity (Wildman–Crippen MR) is 72.4 cm³/mol. The minimum absolute atomic E-state index is 0.286. The predicted octanol–water partition coefficient (Wildman–Crippen LogP) is 1.62. The zero-order chi connectivity index (χ0) is 12.5. The fourth-order valence-electron chi connectivity index (χ4n) is 1.74. The van der Waals surface area contributed by atoms with Crippen molar-refractivity contribution < 1.29 is 0 Å². The molecule has 0 aliphatic carbocycles. The molecule has 0 saturated carbocycles. The molecule has 0 aromatic carbocycles. The number of fused-ring (bicyclic) bond motifs is 1. The van der Waals surface area contributed by atoms with Crippen LogP contribution in [0.1, 0.15) is 5.69 Å². The quantitative estimate of drug-likeness (QED) is 0.748. The SMILES string of the molecule is Cn1ccc(CNc2nc(N)nc3sccc23)n1. The molecule has 0 unspecified atom stereocenters. The Morgan fingerprint density at radius 2 is 2.28 bits per heavy atom. The van der Waals surface area contributed by atoms with Crippen LogP contribution in [0.25, 0.3) is 10.2 Å². The van der Waals surface area contributed by atoms with Crippen LogP contribution in [-0.4, -0.2) is 19.7 Å². The second-order valence-electron chi connectivity index (χ2n) is 3.90. The van der Waals surface area contributed by atoms with Crippen LogP contribution in [0, 0.1) is 0 Å². The summed E-state index contributed by atoms with van der Waals surface area (Å²) in [5.41, 5.74) is 6.64. The fourth-order valence-corrected chi connectivity index (χ4v) is 2.51. The Bertz CT molecular complexity index is 686. The number of nitrogens with one attached hydrogen (secondary N) is 1. The molecule has 3 heterocycles. The summed E-state index contributed by atoms with van der Waals surface area (Å²) in [5.74, 6) is 1.04. The van der Waals surface area contributed by atoms with E-state index in [9.17, 15) is 0 Å². The number of anilines is 2. The molecule has 92 valence electrons. The highest BCUT2D eigenvalue weighted by Gasteiger charge is 2.07. The molecule has 18 heavy (non-hydrogen) atoms. The first-order chi connectivity index (χ1) is 8.72. The first-order valence-corrected chi connectivity index (χ1v) is 6.33. The molecule has 0 radical (unpaired) electrons. The molecule has 3 rings (SSSR count). The molecule has 0 saturated heterocycles. The van der Waals surface area contributed by atoms with Crippen LogP contribution < -0.4 is 11.1 Å². The summed E-state index contributed by atoms with van der Waals surface area (Å²) in [6.07, 6.45) is 1.91. The van der Waals surface area contributed by atoms with E-state index in [4.69, 9.17) is 5.73 Å². The summed E-state index contributed by atoms with van der Waals surface area (Å²) in [5, 5.41) is 10.5. The van der Waals surface area contributed by atoms with Gasteiger partial charge in [-0.1, -0.05) is 0 Å². The van der Waals surface area contributed by atoms with Gasteiger partial charge in [0, 0.05) is 13.2 Å². The summed E-state index contributed by atoms with van der Waals surface area (Å²) in [4.78, 5) is 9.30. The summed E-state index contributed by atoms with van der Waals surface area (Å²) in [7, 11) is 1.89. The molecular weight excluding hydrogens is 248 g/mol. The highest BCUT2D eigenvalue weighted by Crippen LogP contribution is 2.25. The van der Waals surface area contributed by atoms with Gasteiger partial charge in [-0.3, -0.25) is 4.68 Å². The molecule has 6 nitrogen and oxygen atoms in total. The maximum absolute atomic E-state index is 5.68. The maximum atomic E-state index is 5.68. The van der Waals surface area contributed by atoms with E-state index in [0.717, 1.165) is 21.7 Å². The van der Waals surface area contributed by atoms with Gasteiger partial charge in [0.15, 0.2) is 0 Å². The van der Waals surface area contributed by atoms with Crippen LogP contribution in [0.5, 0.6) is 0 Å². The molecular formula is C11H12N6S. The zero-order valence-corrected chi connectivity index (χ0v) is 10.6. The molecule has 7 heteroatoms. The van der Waals surface area contributed by atoms with E-state index in [1.54, 1.807) is 16.0 Å². The van der Waals surface area contributed by atoms with Gasteiger partial charge in [-0.15, -0.1) is 11.3 Å². The van der Waals surface area contributed by atoms with Crippen LogP contribution in [0.4, 0.5) is 11.8 Å². The van der Waals surface area contributed by atoms with Gasteiger partial charge >= 0.3 is 0 Å². The summed E-state index contributed by atoms with van der Waals surface area (Å²) in [6.45, 7) is 0.613. The number of rotatable bonds is 3. The molecule has 0 fully saturated rings. The van der Waals surface area contributed by atoms with E-state index in [-0.39, 0.29) is 5.95 Å². The molecule has 0 aliphatic rings. The highest BCUT2D eigenvalue weighted by atomic mass is 32.1. The Hall–Kier alpha value is -2.15. The van der Waals surface area contributed by atoms with Gasteiger partial charge in [-0.2, -0.15) is 10.1 Å². The lowest BCUT2D eigenvalue weighted by Gasteiger charge is -2.05. The molecule has 0 amide bonds. The van der Waals surface area contributed by atoms with Gasteiger partial charge < -0.3 is 11.1 Å². The summed E-state index contributed by atoms with van der Waals surface area (Å²) < 4.78 is 1.77. The Morgan fingerprint density at radius 1 is 1.39 bits per heavy atom. The lowest BCUT2D eigenvalue weighted by molar-refractivity contribution is 0.747. The lowest BCUT2D eigenvalue weighted by Crippen LogP contribution is -2.05. The molecule has 0 bridgehead atoms. The van der Waals surface area contributed by atoms with Gasteiger partial charge in [-0.05, 0) is 17.5 Å². The first kappa shape index (κ1) is 11.0. The third-order valence-corrected chi connectivity index (χ3v) is 3.35. The van der Waals surface area contributed by atoms with Crippen molar-refractivity contribution in [1.82, 2.24) is 19.7 Å². The smallest absolute Gasteiger partial charge is 0.223 e. The summed E-state index contributed by atoms with van der Waals surface area (Å²) >= 11 is 1.55. The van der Waals surface area contributed by atoms with Crippen molar-refractivity contribution in [2.75, 3.05) is 11.1 Å². The van der Waals surface area contributed by atoms with Gasteiger partial charge in [0.05, 0.1) is 17.6 Å². The minimum atomic E-state index is 0.286. The van der Waals surface area contributed by atoms with Crippen molar-refractivity contribution in [3.8, 4) is 0 Å². The molecule has 0 spiro atoms. The molecule has 3 aromatic rings. The number of aromatic nitrogens is 4. The van der Waals surface area contributed by atoms with Crippen molar-refractivity contribution in [2.45, 2.75) is 6.54 Å². The fraction of sp³-hybridized carbons (Fsp3) is 0.182. The standard InChI is InChI=1S/C11H12N6S/c1-17-4-2-7(16-17)6-13-9-8-3-5-18-10(8)15-11(12)14-9/h2-5H,6H2,1H3,(H3,12,13,14,15). The Labute approximate surface area is 107 Å². The van der Waals surface area contributed by atoms with E-state index in [1.165, 1.54) is 0 Å². The highest BCUT2D eigenvalue weighted by molar-refractivity contribution is 7.16. The second kappa shape index (κ2) is 4.26. The van der Waals surface area contributed by atoms with E-state index < -0.39 is 0 Å². The number of aryl methyl sites for hydroxylation is 1. The topological polar surface area (TPSA) is 81.7 Å². The van der Waals surface area contributed by atoms with E-state index >= 15 is 0 Å². The largest absolute Gasteiger partial charge is 0.368 e. The van der Waals surface area contributed by atoms with Crippen molar-refractivity contribution in [1.29, 1.82) is 0 Å². The van der Waals surface area contributed by atoms with Crippen LogP contribution in [0.3, 0.4) is 0 Å². The minimum Gasteiger partial charge on any atom is -0.368 e. The molecule has 3 aromatic heterocycles. The van der Waals surface area contributed by atoms with Crippen molar-refractivity contribution in [2.24, 2.45) is 7.05 Å². The number of nitrogens with two attached hydrogens (primary N) is 1. The van der Waals surface area contributed by atoms with Crippen LogP contribution in [0.15, 0.2) is 23.7 Å². The van der Waals surface area contributed by atoms with E-state index in [1.807, 2.05) is 30.8 Å². The van der Waals surface area contributed by atoms with Crippen LogP contribution in [-0.2, 0) is 13.6 Å². The molecule has 0 atom stereocenters. The third-order valence-electron chi connectivity index (χ3n) is 2.55. The lowest BCUT2D eigenvalue weighted by atomic mass is 10.3. The Morgan fingerprint density at radius 3 is 3.06 bits per heavy atom. The van der Waals surface area contributed by atoms with Gasteiger partial charge in [0.1, 0.15) is 10.6 Å².